The van der Waals surface area contributed by atoms with Crippen LogP contribution in [-0.4, -0.2) is 5.11 Å². The van der Waals surface area contributed by atoms with Gasteiger partial charge in [-0.15, -0.1) is 0 Å². The summed E-state index contributed by atoms with van der Waals surface area (Å²) in [7, 11) is 0. The van der Waals surface area contributed by atoms with Crippen LogP contribution in [0.3, 0.4) is 0 Å². The topological polar surface area (TPSA) is 72.3 Å². The van der Waals surface area contributed by atoms with E-state index in [1.807, 2.05) is 18.2 Å². The highest BCUT2D eigenvalue weighted by molar-refractivity contribution is 5.62. The van der Waals surface area contributed by atoms with Crippen LogP contribution in [0.5, 0.6) is 5.75 Å². The van der Waals surface area contributed by atoms with Crippen molar-refractivity contribution in [2.45, 2.75) is 12.1 Å². The Balaban J connectivity index is 2.69. The van der Waals surface area contributed by atoms with Crippen molar-refractivity contribution in [3.8, 4) is 5.75 Å². The molecule has 1 aliphatic rings. The molecule has 0 atom stereocenters. The fourth-order valence-electron chi connectivity index (χ4n) is 1.69. The maximum absolute atomic E-state index is 9.60. The summed E-state index contributed by atoms with van der Waals surface area (Å²) >= 11 is 0. The third kappa shape index (κ3) is 1.22. The average Bonchev–Trinajstić information content (AvgIpc) is 2.02. The number of hydrogen-bond acceptors (Lipinski definition) is 3. The van der Waals surface area contributed by atoms with Gasteiger partial charge < -0.3 is 16.6 Å². The molecule has 2 rings (SSSR count). The van der Waals surface area contributed by atoms with Crippen molar-refractivity contribution in [1.82, 2.24) is 0 Å². The largest absolute Gasteiger partial charge is 0.508 e. The first-order valence-corrected chi connectivity index (χ1v) is 4.18. The van der Waals surface area contributed by atoms with Gasteiger partial charge in [0.1, 0.15) is 5.75 Å². The number of phenols is 1. The number of rotatable bonds is 0. The Morgan fingerprint density at radius 1 is 1.31 bits per heavy atom. The summed E-state index contributed by atoms with van der Waals surface area (Å²) < 4.78 is 0. The zero-order chi connectivity index (χ0) is 9.47. The Bertz CT molecular complexity index is 369. The van der Waals surface area contributed by atoms with E-state index in [1.54, 1.807) is 12.1 Å². The van der Waals surface area contributed by atoms with Crippen molar-refractivity contribution in [3.63, 3.8) is 0 Å². The second-order valence-electron chi connectivity index (χ2n) is 3.39. The van der Waals surface area contributed by atoms with Gasteiger partial charge in [-0.2, -0.15) is 0 Å². The Kier molecular flexibility index (Phi) is 1.65. The molecule has 0 saturated heterocycles. The minimum Gasteiger partial charge on any atom is -0.508 e. The zero-order valence-electron chi connectivity index (χ0n) is 7.20. The molecule has 1 aromatic rings. The number of fused-ring (bicyclic) bond motifs is 1. The van der Waals surface area contributed by atoms with E-state index >= 15 is 0 Å². The maximum Gasteiger partial charge on any atom is 0.122 e. The van der Waals surface area contributed by atoms with E-state index in [9.17, 15) is 5.11 Å². The van der Waals surface area contributed by atoms with Crippen molar-refractivity contribution >= 4 is 6.08 Å². The fraction of sp³-hybridized carbons (Fsp3) is 0.200. The van der Waals surface area contributed by atoms with E-state index in [0.29, 0.717) is 12.0 Å². The Hall–Kier alpha value is -1.32. The molecular formula is C10H12N2O. The van der Waals surface area contributed by atoms with Crippen molar-refractivity contribution in [3.05, 3.63) is 35.4 Å². The number of nitrogens with two attached hydrogens (primary N) is 2. The van der Waals surface area contributed by atoms with E-state index < -0.39 is 5.66 Å². The van der Waals surface area contributed by atoms with Crippen molar-refractivity contribution in [1.29, 1.82) is 0 Å². The van der Waals surface area contributed by atoms with E-state index in [0.717, 1.165) is 5.56 Å². The maximum atomic E-state index is 9.60. The highest BCUT2D eigenvalue weighted by atomic mass is 16.3. The molecule has 1 aromatic carbocycles. The molecule has 0 aromatic heterocycles. The molecule has 0 saturated carbocycles. The van der Waals surface area contributed by atoms with Gasteiger partial charge >= 0.3 is 0 Å². The predicted octanol–water partition coefficient (Wildman–Crippen LogP) is 0.879. The van der Waals surface area contributed by atoms with E-state index in [2.05, 4.69) is 0 Å². The SMILES string of the molecule is NC1(N)CC=Cc2cccc(O)c21. The van der Waals surface area contributed by atoms with Crippen LogP contribution in [0.2, 0.25) is 0 Å². The van der Waals surface area contributed by atoms with Gasteiger partial charge in [0.05, 0.1) is 5.66 Å². The first-order chi connectivity index (χ1) is 6.11. The van der Waals surface area contributed by atoms with E-state index in [-0.39, 0.29) is 5.75 Å². The van der Waals surface area contributed by atoms with Crippen LogP contribution in [0.15, 0.2) is 24.3 Å². The van der Waals surface area contributed by atoms with Crippen molar-refractivity contribution in [2.24, 2.45) is 11.5 Å². The smallest absolute Gasteiger partial charge is 0.122 e. The number of benzene rings is 1. The van der Waals surface area contributed by atoms with Gasteiger partial charge in [-0.25, -0.2) is 0 Å². The Labute approximate surface area is 76.7 Å². The van der Waals surface area contributed by atoms with Gasteiger partial charge in [0, 0.05) is 12.0 Å². The van der Waals surface area contributed by atoms with Crippen LogP contribution < -0.4 is 11.5 Å². The molecule has 0 heterocycles. The van der Waals surface area contributed by atoms with Crippen LogP contribution in [0.1, 0.15) is 17.5 Å². The second-order valence-corrected chi connectivity index (χ2v) is 3.39. The van der Waals surface area contributed by atoms with E-state index in [4.69, 9.17) is 11.5 Å². The summed E-state index contributed by atoms with van der Waals surface area (Å²) in [6.45, 7) is 0. The molecule has 1 aliphatic carbocycles. The number of hydrogen-bond donors (Lipinski definition) is 3. The van der Waals surface area contributed by atoms with Crippen LogP contribution in [-0.2, 0) is 5.66 Å². The number of aromatic hydroxyl groups is 1. The van der Waals surface area contributed by atoms with Gasteiger partial charge in [-0.1, -0.05) is 24.3 Å². The lowest BCUT2D eigenvalue weighted by molar-refractivity contribution is 0.411. The molecule has 0 bridgehead atoms. The summed E-state index contributed by atoms with van der Waals surface area (Å²) in [4.78, 5) is 0. The monoisotopic (exact) mass is 176 g/mol. The molecule has 5 N–H and O–H groups in total. The molecular weight excluding hydrogens is 164 g/mol. The lowest BCUT2D eigenvalue weighted by atomic mass is 9.87. The third-order valence-electron chi connectivity index (χ3n) is 2.29. The standard InChI is InChI=1S/C10H12N2O/c11-10(12)6-2-4-7-3-1-5-8(13)9(7)10/h1-5,13H,6,11-12H2. The highest BCUT2D eigenvalue weighted by Crippen LogP contribution is 2.33. The summed E-state index contributed by atoms with van der Waals surface area (Å²) in [5.74, 6) is 0.173. The van der Waals surface area contributed by atoms with Gasteiger partial charge in [0.2, 0.25) is 0 Å². The molecule has 0 aliphatic heterocycles. The summed E-state index contributed by atoms with van der Waals surface area (Å²) in [5.41, 5.74) is 12.3. The van der Waals surface area contributed by atoms with Crippen LogP contribution in [0.4, 0.5) is 0 Å². The minimum atomic E-state index is -0.935. The van der Waals surface area contributed by atoms with Crippen LogP contribution in [0, 0.1) is 0 Å². The molecule has 3 heteroatoms. The summed E-state index contributed by atoms with van der Waals surface area (Å²) in [6.07, 6.45) is 4.40. The molecule has 0 unspecified atom stereocenters. The molecule has 13 heavy (non-hydrogen) atoms. The second kappa shape index (κ2) is 2.58. The Morgan fingerprint density at radius 3 is 2.77 bits per heavy atom. The lowest BCUT2D eigenvalue weighted by Crippen LogP contribution is -2.47. The van der Waals surface area contributed by atoms with Crippen molar-refractivity contribution < 1.29 is 5.11 Å². The molecule has 0 spiro atoms. The average molecular weight is 176 g/mol. The minimum absolute atomic E-state index is 0.173. The first-order valence-electron chi connectivity index (χ1n) is 4.18. The van der Waals surface area contributed by atoms with Gasteiger partial charge in [-0.3, -0.25) is 0 Å². The van der Waals surface area contributed by atoms with Gasteiger partial charge in [0.15, 0.2) is 0 Å². The van der Waals surface area contributed by atoms with Gasteiger partial charge in [0.25, 0.3) is 0 Å². The summed E-state index contributed by atoms with van der Waals surface area (Å²) in [6, 6.07) is 5.27. The van der Waals surface area contributed by atoms with Crippen LogP contribution >= 0.6 is 0 Å². The van der Waals surface area contributed by atoms with Crippen molar-refractivity contribution in [2.75, 3.05) is 0 Å². The first kappa shape index (κ1) is 8.29. The molecule has 0 fully saturated rings. The Morgan fingerprint density at radius 2 is 2.08 bits per heavy atom. The fourth-order valence-corrected chi connectivity index (χ4v) is 1.69. The quantitative estimate of drug-likeness (QED) is 0.514. The molecule has 0 radical (unpaired) electrons. The molecule has 0 amide bonds. The number of phenolic OH excluding ortho intramolecular Hbond substituents is 1. The normalized spacial score (nSPS) is 18.3. The summed E-state index contributed by atoms with van der Waals surface area (Å²) in [5, 5.41) is 9.60. The third-order valence-corrected chi connectivity index (χ3v) is 2.29. The molecule has 68 valence electrons. The van der Waals surface area contributed by atoms with E-state index in [1.165, 1.54) is 0 Å². The highest BCUT2D eigenvalue weighted by Gasteiger charge is 2.28. The van der Waals surface area contributed by atoms with Gasteiger partial charge in [-0.05, 0) is 11.6 Å². The lowest BCUT2D eigenvalue weighted by Gasteiger charge is -2.29. The zero-order valence-corrected chi connectivity index (χ0v) is 7.20. The predicted molar refractivity (Wildman–Crippen MR) is 51.8 cm³/mol. The molecule has 3 nitrogen and oxygen atoms in total. The van der Waals surface area contributed by atoms with Crippen LogP contribution in [0.25, 0.3) is 6.08 Å².